The first kappa shape index (κ1) is 16.5. The van der Waals surface area contributed by atoms with Crippen molar-refractivity contribution in [1.29, 1.82) is 0 Å². The van der Waals surface area contributed by atoms with Crippen LogP contribution in [-0.4, -0.2) is 19.9 Å². The van der Waals surface area contributed by atoms with Crippen LogP contribution >= 0.6 is 26.6 Å². The molecule has 0 saturated carbocycles. The molecule has 1 N–H and O–H groups in total. The van der Waals surface area contributed by atoms with Gasteiger partial charge in [0.25, 0.3) is 15.0 Å². The van der Waals surface area contributed by atoms with Gasteiger partial charge in [-0.25, -0.2) is 8.42 Å². The number of carbonyl (C=O) groups excluding carboxylic acids is 1. The second kappa shape index (κ2) is 5.85. The van der Waals surface area contributed by atoms with Crippen molar-refractivity contribution in [1.82, 2.24) is 5.32 Å². The summed E-state index contributed by atoms with van der Waals surface area (Å²) in [4.78, 5) is 11.7. The minimum Gasteiger partial charge on any atom is -0.443 e. The zero-order valence-electron chi connectivity index (χ0n) is 10.8. The van der Waals surface area contributed by atoms with Crippen LogP contribution in [0.1, 0.15) is 44.2 Å². The van der Waals surface area contributed by atoms with E-state index in [1.165, 1.54) is 0 Å². The summed E-state index contributed by atoms with van der Waals surface area (Å²) in [6.45, 7) is 5.77. The lowest BCUT2D eigenvalue weighted by atomic mass is 9.99. The third kappa shape index (κ3) is 4.50. The molecule has 1 heterocycles. The Kier molecular flexibility index (Phi) is 5.08. The summed E-state index contributed by atoms with van der Waals surface area (Å²) in [7, 11) is 1.27. The molecule has 1 rings (SSSR count). The van der Waals surface area contributed by atoms with E-state index in [9.17, 15) is 13.2 Å². The summed E-state index contributed by atoms with van der Waals surface area (Å²) in [5, 5.41) is 2.77. The summed E-state index contributed by atoms with van der Waals surface area (Å²) >= 11 is 2.92. The van der Waals surface area contributed by atoms with Gasteiger partial charge in [-0.3, -0.25) is 4.79 Å². The van der Waals surface area contributed by atoms with E-state index in [1.54, 1.807) is 0 Å². The van der Waals surface area contributed by atoms with Crippen molar-refractivity contribution in [2.45, 2.75) is 44.0 Å². The second-order valence-corrected chi connectivity index (χ2v) is 8.03. The van der Waals surface area contributed by atoms with Crippen molar-refractivity contribution in [3.63, 3.8) is 0 Å². The average Bonchev–Trinajstić information content (AvgIpc) is 2.58. The molecular formula is C11H15BrClNO4S. The number of carbonyl (C=O) groups is 1. The standard InChI is InChI=1S/C11H15BrClNO4S/c1-4-5-11(2,3)14-10(15)7-6-8(9(12)18-7)19(13,16)17/h6H,4-5H2,1-3H3,(H,14,15). The predicted octanol–water partition coefficient (Wildman–Crippen LogP) is 3.28. The fourth-order valence-electron chi connectivity index (χ4n) is 1.69. The lowest BCUT2D eigenvalue weighted by molar-refractivity contribution is 0.0879. The number of halogens is 2. The molecule has 0 atom stereocenters. The maximum atomic E-state index is 12.0. The Morgan fingerprint density at radius 3 is 2.53 bits per heavy atom. The van der Waals surface area contributed by atoms with E-state index in [2.05, 4.69) is 21.2 Å². The highest BCUT2D eigenvalue weighted by molar-refractivity contribution is 9.10. The van der Waals surface area contributed by atoms with Gasteiger partial charge in [-0.05, 0) is 36.2 Å². The molecule has 0 aliphatic carbocycles. The topological polar surface area (TPSA) is 76.4 Å². The smallest absolute Gasteiger partial charge is 0.287 e. The molecule has 0 aliphatic rings. The van der Waals surface area contributed by atoms with Gasteiger partial charge in [-0.15, -0.1) is 0 Å². The van der Waals surface area contributed by atoms with Crippen LogP contribution in [0.2, 0.25) is 0 Å². The van der Waals surface area contributed by atoms with E-state index in [0.29, 0.717) is 0 Å². The minimum absolute atomic E-state index is 0.0825. The van der Waals surface area contributed by atoms with Crippen LogP contribution in [0.3, 0.4) is 0 Å². The van der Waals surface area contributed by atoms with Gasteiger partial charge in [0.15, 0.2) is 10.4 Å². The Balaban J connectivity index is 2.97. The Morgan fingerprint density at radius 2 is 2.11 bits per heavy atom. The van der Waals surface area contributed by atoms with E-state index in [-0.39, 0.29) is 15.3 Å². The summed E-state index contributed by atoms with van der Waals surface area (Å²) in [5.74, 6) is -0.582. The molecule has 0 unspecified atom stereocenters. The molecule has 1 amide bonds. The zero-order chi connectivity index (χ0) is 14.8. The number of hydrogen-bond donors (Lipinski definition) is 1. The molecule has 0 spiro atoms. The fraction of sp³-hybridized carbons (Fsp3) is 0.545. The van der Waals surface area contributed by atoms with Gasteiger partial charge in [-0.2, -0.15) is 0 Å². The minimum atomic E-state index is -3.95. The van der Waals surface area contributed by atoms with Gasteiger partial charge in [0.05, 0.1) is 0 Å². The van der Waals surface area contributed by atoms with Crippen molar-refractivity contribution >= 4 is 41.6 Å². The lowest BCUT2D eigenvalue weighted by Gasteiger charge is -2.25. The van der Waals surface area contributed by atoms with Gasteiger partial charge in [0, 0.05) is 22.3 Å². The van der Waals surface area contributed by atoms with E-state index >= 15 is 0 Å². The van der Waals surface area contributed by atoms with Crippen LogP contribution < -0.4 is 5.32 Å². The van der Waals surface area contributed by atoms with Crippen LogP contribution in [0.4, 0.5) is 0 Å². The first-order valence-electron chi connectivity index (χ1n) is 5.63. The third-order valence-corrected chi connectivity index (χ3v) is 4.65. The van der Waals surface area contributed by atoms with E-state index in [1.807, 2.05) is 20.8 Å². The molecule has 5 nitrogen and oxygen atoms in total. The lowest BCUT2D eigenvalue weighted by Crippen LogP contribution is -2.43. The number of amides is 1. The van der Waals surface area contributed by atoms with E-state index < -0.39 is 20.5 Å². The maximum absolute atomic E-state index is 12.0. The molecule has 0 fully saturated rings. The Bertz CT molecular complexity index is 580. The Morgan fingerprint density at radius 1 is 1.53 bits per heavy atom. The fourth-order valence-corrected chi connectivity index (χ4v) is 3.72. The summed E-state index contributed by atoms with van der Waals surface area (Å²) in [5.41, 5.74) is -0.398. The molecule has 0 saturated heterocycles. The van der Waals surface area contributed by atoms with Crippen molar-refractivity contribution < 1.29 is 17.6 Å². The van der Waals surface area contributed by atoms with Gasteiger partial charge in [0.2, 0.25) is 0 Å². The molecule has 108 valence electrons. The molecule has 1 aromatic rings. The van der Waals surface area contributed by atoms with Crippen molar-refractivity contribution in [2.24, 2.45) is 0 Å². The highest BCUT2D eigenvalue weighted by Crippen LogP contribution is 2.29. The third-order valence-electron chi connectivity index (χ3n) is 2.47. The van der Waals surface area contributed by atoms with Crippen LogP contribution in [0.25, 0.3) is 0 Å². The summed E-state index contributed by atoms with van der Waals surface area (Å²) < 4.78 is 27.4. The zero-order valence-corrected chi connectivity index (χ0v) is 13.9. The molecule has 0 bridgehead atoms. The molecule has 1 aromatic heterocycles. The summed E-state index contributed by atoms with van der Waals surface area (Å²) in [6.07, 6.45) is 1.71. The number of nitrogens with one attached hydrogen (secondary N) is 1. The van der Waals surface area contributed by atoms with E-state index in [0.717, 1.165) is 18.9 Å². The van der Waals surface area contributed by atoms with Crippen LogP contribution in [0, 0.1) is 0 Å². The molecule has 8 heteroatoms. The van der Waals surface area contributed by atoms with Gasteiger partial charge >= 0.3 is 0 Å². The SMILES string of the molecule is CCCC(C)(C)NC(=O)c1cc(S(=O)(=O)Cl)c(Br)o1. The quantitative estimate of drug-likeness (QED) is 0.805. The first-order chi connectivity index (χ1) is 8.57. The van der Waals surface area contributed by atoms with E-state index in [4.69, 9.17) is 15.1 Å². The first-order valence-corrected chi connectivity index (χ1v) is 8.73. The van der Waals surface area contributed by atoms with Crippen LogP contribution in [-0.2, 0) is 9.05 Å². The van der Waals surface area contributed by atoms with Gasteiger partial charge < -0.3 is 9.73 Å². The number of rotatable bonds is 5. The monoisotopic (exact) mass is 371 g/mol. The molecule has 0 radical (unpaired) electrons. The van der Waals surface area contributed by atoms with Crippen molar-refractivity contribution in [3.8, 4) is 0 Å². The predicted molar refractivity (Wildman–Crippen MR) is 75.9 cm³/mol. The Hall–Kier alpha value is -0.530. The molecular weight excluding hydrogens is 358 g/mol. The molecule has 19 heavy (non-hydrogen) atoms. The highest BCUT2D eigenvalue weighted by atomic mass is 79.9. The average molecular weight is 373 g/mol. The Labute approximate surface area is 125 Å². The van der Waals surface area contributed by atoms with Crippen molar-refractivity contribution in [2.75, 3.05) is 0 Å². The largest absolute Gasteiger partial charge is 0.443 e. The van der Waals surface area contributed by atoms with Crippen LogP contribution in [0.5, 0.6) is 0 Å². The molecule has 0 aliphatic heterocycles. The molecule has 0 aromatic carbocycles. The second-order valence-electron chi connectivity index (χ2n) is 4.77. The van der Waals surface area contributed by atoms with Gasteiger partial charge in [0.1, 0.15) is 4.90 Å². The number of hydrogen-bond acceptors (Lipinski definition) is 4. The summed E-state index contributed by atoms with van der Waals surface area (Å²) in [6, 6.07) is 1.10. The normalized spacial score (nSPS) is 12.5. The number of furan rings is 1. The van der Waals surface area contributed by atoms with Crippen LogP contribution in [0.15, 0.2) is 20.0 Å². The van der Waals surface area contributed by atoms with Crippen molar-refractivity contribution in [3.05, 3.63) is 16.5 Å². The van der Waals surface area contributed by atoms with Gasteiger partial charge in [-0.1, -0.05) is 13.3 Å². The maximum Gasteiger partial charge on any atom is 0.287 e. The highest BCUT2D eigenvalue weighted by Gasteiger charge is 2.26.